The quantitative estimate of drug-likeness (QED) is 0.748. The lowest BCUT2D eigenvalue weighted by molar-refractivity contribution is -0.138. The van der Waals surface area contributed by atoms with Gasteiger partial charge in [0.1, 0.15) is 0 Å². The van der Waals surface area contributed by atoms with E-state index in [0.717, 1.165) is 10.5 Å². The molecule has 2 rings (SSSR count). The molecule has 6 nitrogen and oxygen atoms in total. The molecule has 1 aromatic carbocycles. The lowest BCUT2D eigenvalue weighted by atomic mass is 9.94. The van der Waals surface area contributed by atoms with E-state index in [9.17, 15) is 14.4 Å². The Morgan fingerprint density at radius 3 is 2.50 bits per heavy atom. The lowest BCUT2D eigenvalue weighted by Gasteiger charge is -2.33. The van der Waals surface area contributed by atoms with Crippen molar-refractivity contribution in [1.82, 2.24) is 9.80 Å². The minimum atomic E-state index is -0.498. The Balaban J connectivity index is 2.17. The zero-order chi connectivity index (χ0) is 17.7. The minimum absolute atomic E-state index is 0.146. The molecular weight excluding hydrogens is 308 g/mol. The van der Waals surface area contributed by atoms with E-state index in [4.69, 9.17) is 4.74 Å². The standard InChI is InChI=1S/C18H24N2O4/c1-4-15(14-12-16(21)19(2)17(14)22)20(18(23)24-3)11-10-13-8-6-5-7-9-13/h5-9,14-15H,4,10-12H2,1-3H3. The molecule has 2 unspecified atom stereocenters. The van der Waals surface area contributed by atoms with E-state index in [1.54, 1.807) is 4.90 Å². The summed E-state index contributed by atoms with van der Waals surface area (Å²) in [6.07, 6.45) is 0.929. The topological polar surface area (TPSA) is 66.9 Å². The van der Waals surface area contributed by atoms with Gasteiger partial charge in [-0.05, 0) is 18.4 Å². The summed E-state index contributed by atoms with van der Waals surface area (Å²) in [5.74, 6) is -0.917. The highest BCUT2D eigenvalue weighted by Crippen LogP contribution is 2.27. The fourth-order valence-corrected chi connectivity index (χ4v) is 3.21. The second-order valence-electron chi connectivity index (χ2n) is 5.98. The molecule has 130 valence electrons. The summed E-state index contributed by atoms with van der Waals surface area (Å²) in [6, 6.07) is 9.48. The summed E-state index contributed by atoms with van der Waals surface area (Å²) >= 11 is 0. The lowest BCUT2D eigenvalue weighted by Crippen LogP contribution is -2.47. The molecule has 0 radical (unpaired) electrons. The van der Waals surface area contributed by atoms with Gasteiger partial charge in [-0.15, -0.1) is 0 Å². The molecule has 0 aliphatic carbocycles. The maximum atomic E-state index is 12.3. The summed E-state index contributed by atoms with van der Waals surface area (Å²) < 4.78 is 4.91. The van der Waals surface area contributed by atoms with Crippen molar-refractivity contribution in [2.45, 2.75) is 32.2 Å². The Kier molecular flexibility index (Phi) is 5.95. The Morgan fingerprint density at radius 2 is 2.00 bits per heavy atom. The summed E-state index contributed by atoms with van der Waals surface area (Å²) in [4.78, 5) is 39.2. The molecule has 1 aliphatic heterocycles. The van der Waals surface area contributed by atoms with Crippen molar-refractivity contribution in [2.24, 2.45) is 5.92 Å². The Morgan fingerprint density at radius 1 is 1.33 bits per heavy atom. The second-order valence-corrected chi connectivity index (χ2v) is 5.98. The number of carbonyl (C=O) groups excluding carboxylic acids is 3. The van der Waals surface area contributed by atoms with Crippen LogP contribution in [0.2, 0.25) is 0 Å². The number of amides is 3. The number of hydrogen-bond acceptors (Lipinski definition) is 4. The molecule has 1 heterocycles. The molecule has 3 amide bonds. The van der Waals surface area contributed by atoms with Crippen LogP contribution in [0.5, 0.6) is 0 Å². The number of likely N-dealkylation sites (tertiary alicyclic amines) is 1. The first-order chi connectivity index (χ1) is 11.5. The van der Waals surface area contributed by atoms with E-state index >= 15 is 0 Å². The molecule has 0 spiro atoms. The predicted molar refractivity (Wildman–Crippen MR) is 89.2 cm³/mol. The molecule has 0 aromatic heterocycles. The van der Waals surface area contributed by atoms with Gasteiger partial charge in [0.15, 0.2) is 0 Å². The monoisotopic (exact) mass is 332 g/mol. The van der Waals surface area contributed by atoms with Gasteiger partial charge in [-0.3, -0.25) is 14.5 Å². The number of rotatable bonds is 6. The van der Waals surface area contributed by atoms with Crippen LogP contribution in [0.15, 0.2) is 30.3 Å². The van der Waals surface area contributed by atoms with Gasteiger partial charge in [-0.1, -0.05) is 37.3 Å². The zero-order valence-corrected chi connectivity index (χ0v) is 14.4. The predicted octanol–water partition coefficient (Wildman–Crippen LogP) is 2.08. The molecule has 0 saturated carbocycles. The molecule has 0 bridgehead atoms. The van der Waals surface area contributed by atoms with Crippen LogP contribution >= 0.6 is 0 Å². The van der Waals surface area contributed by atoms with Crippen molar-refractivity contribution in [3.8, 4) is 0 Å². The van der Waals surface area contributed by atoms with Gasteiger partial charge in [0.25, 0.3) is 0 Å². The molecule has 2 atom stereocenters. The number of nitrogens with zero attached hydrogens (tertiary/aromatic N) is 2. The highest BCUT2D eigenvalue weighted by Gasteiger charge is 2.43. The fourth-order valence-electron chi connectivity index (χ4n) is 3.21. The third-order valence-corrected chi connectivity index (χ3v) is 4.59. The van der Waals surface area contributed by atoms with Gasteiger partial charge in [-0.25, -0.2) is 4.79 Å². The van der Waals surface area contributed by atoms with E-state index in [1.165, 1.54) is 14.2 Å². The molecule has 0 N–H and O–H groups in total. The molecule has 1 aliphatic rings. The normalized spacial score (nSPS) is 18.6. The summed E-state index contributed by atoms with van der Waals surface area (Å²) in [7, 11) is 2.82. The average molecular weight is 332 g/mol. The number of hydrogen-bond donors (Lipinski definition) is 0. The first-order valence-corrected chi connectivity index (χ1v) is 8.18. The summed E-state index contributed by atoms with van der Waals surface area (Å²) in [5, 5.41) is 0. The number of carbonyl (C=O) groups is 3. The third-order valence-electron chi connectivity index (χ3n) is 4.59. The van der Waals surface area contributed by atoms with E-state index in [-0.39, 0.29) is 24.3 Å². The third kappa shape index (κ3) is 3.75. The summed E-state index contributed by atoms with van der Waals surface area (Å²) in [6.45, 7) is 2.36. The van der Waals surface area contributed by atoms with Crippen molar-refractivity contribution in [2.75, 3.05) is 20.7 Å². The molecule has 24 heavy (non-hydrogen) atoms. The van der Waals surface area contributed by atoms with Crippen molar-refractivity contribution in [1.29, 1.82) is 0 Å². The smallest absolute Gasteiger partial charge is 0.409 e. The van der Waals surface area contributed by atoms with E-state index in [1.807, 2.05) is 37.3 Å². The van der Waals surface area contributed by atoms with Gasteiger partial charge in [-0.2, -0.15) is 0 Å². The van der Waals surface area contributed by atoms with Crippen molar-refractivity contribution in [3.63, 3.8) is 0 Å². The number of imide groups is 1. The SMILES string of the molecule is CCC(C1CC(=O)N(C)C1=O)N(CCc1ccccc1)C(=O)OC. The van der Waals surface area contributed by atoms with E-state index < -0.39 is 12.0 Å². The van der Waals surface area contributed by atoms with Crippen LogP contribution in [-0.4, -0.2) is 54.5 Å². The number of methoxy groups -OCH3 is 1. The van der Waals surface area contributed by atoms with Crippen LogP contribution in [0.4, 0.5) is 4.79 Å². The highest BCUT2D eigenvalue weighted by atomic mass is 16.5. The maximum Gasteiger partial charge on any atom is 0.409 e. The van der Waals surface area contributed by atoms with Crippen LogP contribution in [0.25, 0.3) is 0 Å². The maximum absolute atomic E-state index is 12.3. The molecule has 1 fully saturated rings. The van der Waals surface area contributed by atoms with E-state index in [0.29, 0.717) is 19.4 Å². The average Bonchev–Trinajstić information content (AvgIpc) is 2.86. The van der Waals surface area contributed by atoms with Crippen LogP contribution in [0, 0.1) is 5.92 Å². The molecule has 1 saturated heterocycles. The number of ether oxygens (including phenoxy) is 1. The molecular formula is C18H24N2O4. The second kappa shape index (κ2) is 7.95. The van der Waals surface area contributed by atoms with Crippen LogP contribution in [0.3, 0.4) is 0 Å². The van der Waals surface area contributed by atoms with Crippen LogP contribution in [-0.2, 0) is 20.7 Å². The van der Waals surface area contributed by atoms with Crippen molar-refractivity contribution >= 4 is 17.9 Å². The Bertz CT molecular complexity index is 602. The van der Waals surface area contributed by atoms with Crippen molar-refractivity contribution in [3.05, 3.63) is 35.9 Å². The first kappa shape index (κ1) is 18.0. The molecule has 1 aromatic rings. The zero-order valence-electron chi connectivity index (χ0n) is 14.4. The highest BCUT2D eigenvalue weighted by molar-refractivity contribution is 6.03. The first-order valence-electron chi connectivity index (χ1n) is 8.18. The van der Waals surface area contributed by atoms with Gasteiger partial charge < -0.3 is 9.64 Å². The van der Waals surface area contributed by atoms with Crippen LogP contribution in [0.1, 0.15) is 25.3 Å². The van der Waals surface area contributed by atoms with E-state index in [2.05, 4.69) is 0 Å². The van der Waals surface area contributed by atoms with Crippen LogP contribution < -0.4 is 0 Å². The van der Waals surface area contributed by atoms with Crippen molar-refractivity contribution < 1.29 is 19.1 Å². The Labute approximate surface area is 142 Å². The van der Waals surface area contributed by atoms with Gasteiger partial charge in [0.05, 0.1) is 13.0 Å². The summed E-state index contributed by atoms with van der Waals surface area (Å²) in [5.41, 5.74) is 1.10. The van der Waals surface area contributed by atoms with Gasteiger partial charge >= 0.3 is 6.09 Å². The number of benzene rings is 1. The van der Waals surface area contributed by atoms with Gasteiger partial charge in [0.2, 0.25) is 11.8 Å². The minimum Gasteiger partial charge on any atom is -0.453 e. The van der Waals surface area contributed by atoms with Gasteiger partial charge in [0, 0.05) is 26.1 Å². The Hall–Kier alpha value is -2.37. The largest absolute Gasteiger partial charge is 0.453 e. The fraction of sp³-hybridized carbons (Fsp3) is 0.500. The molecule has 6 heteroatoms.